The second kappa shape index (κ2) is 5.19. The molecule has 1 heterocycles. The van der Waals surface area contributed by atoms with Gasteiger partial charge in [0.15, 0.2) is 0 Å². The molecule has 0 aliphatic carbocycles. The Balaban J connectivity index is 2.13. The number of carboxylic acid groups (broad SMARTS) is 1. The van der Waals surface area contributed by atoms with E-state index in [0.717, 1.165) is 19.4 Å². The maximum absolute atomic E-state index is 12.1. The molecule has 19 heavy (non-hydrogen) atoms. The Morgan fingerprint density at radius 3 is 2.74 bits per heavy atom. The van der Waals surface area contributed by atoms with Gasteiger partial charge in [0.2, 0.25) is 5.91 Å². The van der Waals surface area contributed by atoms with Crippen molar-refractivity contribution in [2.75, 3.05) is 11.9 Å². The quantitative estimate of drug-likeness (QED) is 0.793. The summed E-state index contributed by atoms with van der Waals surface area (Å²) in [6.45, 7) is 2.67. The molecular weight excluding hydrogens is 268 g/mol. The number of benzene rings is 1. The van der Waals surface area contributed by atoms with Crippen molar-refractivity contribution in [1.82, 2.24) is 5.32 Å². The van der Waals surface area contributed by atoms with Crippen LogP contribution in [0.3, 0.4) is 0 Å². The van der Waals surface area contributed by atoms with E-state index >= 15 is 0 Å². The van der Waals surface area contributed by atoms with Gasteiger partial charge in [0.05, 0.1) is 16.1 Å². The number of carbonyl (C=O) groups excluding carboxylic acids is 1. The standard InChI is InChI=1S/C13H15ClN2O3/c1-13(5-2-6-15-13)12(19)16-8-3-4-9(11(17)18)10(14)7-8/h3-4,7,15H,2,5-6H2,1H3,(H,16,19)(H,17,18). The number of anilines is 1. The topological polar surface area (TPSA) is 78.4 Å². The first-order valence-corrected chi connectivity index (χ1v) is 6.39. The molecule has 1 aromatic rings. The van der Waals surface area contributed by atoms with Crippen molar-refractivity contribution in [3.05, 3.63) is 28.8 Å². The Morgan fingerprint density at radius 1 is 1.47 bits per heavy atom. The van der Waals surface area contributed by atoms with Crippen molar-refractivity contribution < 1.29 is 14.7 Å². The predicted octanol–water partition coefficient (Wildman–Crippen LogP) is 2.12. The molecule has 1 aliphatic heterocycles. The minimum Gasteiger partial charge on any atom is -0.478 e. The minimum atomic E-state index is -1.09. The highest BCUT2D eigenvalue weighted by Gasteiger charge is 2.35. The molecule has 3 N–H and O–H groups in total. The smallest absolute Gasteiger partial charge is 0.337 e. The molecule has 0 spiro atoms. The monoisotopic (exact) mass is 282 g/mol. The summed E-state index contributed by atoms with van der Waals surface area (Å²) in [6, 6.07) is 4.36. The van der Waals surface area contributed by atoms with E-state index in [9.17, 15) is 9.59 Å². The molecule has 5 nitrogen and oxygen atoms in total. The van der Waals surface area contributed by atoms with Gasteiger partial charge in [0.1, 0.15) is 0 Å². The lowest BCUT2D eigenvalue weighted by molar-refractivity contribution is -0.121. The molecule has 0 radical (unpaired) electrons. The summed E-state index contributed by atoms with van der Waals surface area (Å²) < 4.78 is 0. The Kier molecular flexibility index (Phi) is 3.78. The number of hydrogen-bond acceptors (Lipinski definition) is 3. The van der Waals surface area contributed by atoms with Crippen molar-refractivity contribution in [3.63, 3.8) is 0 Å². The third-order valence-corrected chi connectivity index (χ3v) is 3.64. The summed E-state index contributed by atoms with van der Waals surface area (Å²) in [5.41, 5.74) is -0.0578. The zero-order valence-electron chi connectivity index (χ0n) is 10.5. The number of hydrogen-bond donors (Lipinski definition) is 3. The van der Waals surface area contributed by atoms with Crippen LogP contribution in [0.1, 0.15) is 30.1 Å². The predicted molar refractivity (Wildman–Crippen MR) is 72.7 cm³/mol. The minimum absolute atomic E-state index is 0.0184. The summed E-state index contributed by atoms with van der Waals surface area (Å²) in [5, 5.41) is 14.9. The first kappa shape index (κ1) is 13.8. The average molecular weight is 283 g/mol. The molecule has 1 fully saturated rings. The number of carboxylic acids is 1. The molecule has 1 aromatic carbocycles. The second-order valence-corrected chi connectivity index (χ2v) is 5.22. The summed E-state index contributed by atoms with van der Waals surface area (Å²) in [5.74, 6) is -1.23. The van der Waals surface area contributed by atoms with Gasteiger partial charge in [-0.3, -0.25) is 4.79 Å². The van der Waals surface area contributed by atoms with Crippen LogP contribution in [-0.2, 0) is 4.79 Å². The Labute approximate surface area is 116 Å². The van der Waals surface area contributed by atoms with Gasteiger partial charge in [-0.15, -0.1) is 0 Å². The molecular formula is C13H15ClN2O3. The zero-order chi connectivity index (χ0) is 14.0. The van der Waals surface area contributed by atoms with Crippen molar-refractivity contribution in [2.45, 2.75) is 25.3 Å². The van der Waals surface area contributed by atoms with Crippen LogP contribution in [-0.4, -0.2) is 29.1 Å². The number of carbonyl (C=O) groups is 2. The first-order chi connectivity index (χ1) is 8.92. The zero-order valence-corrected chi connectivity index (χ0v) is 11.3. The van der Waals surface area contributed by atoms with Crippen molar-refractivity contribution >= 4 is 29.2 Å². The lowest BCUT2D eigenvalue weighted by atomic mass is 9.99. The molecule has 1 unspecified atom stereocenters. The third-order valence-electron chi connectivity index (χ3n) is 3.33. The van der Waals surface area contributed by atoms with Crippen LogP contribution in [0.2, 0.25) is 5.02 Å². The van der Waals surface area contributed by atoms with Crippen LogP contribution in [0.5, 0.6) is 0 Å². The average Bonchev–Trinajstić information content (AvgIpc) is 2.77. The van der Waals surface area contributed by atoms with E-state index in [2.05, 4.69) is 10.6 Å². The van der Waals surface area contributed by atoms with Crippen LogP contribution >= 0.6 is 11.6 Å². The number of halogens is 1. The molecule has 1 amide bonds. The summed E-state index contributed by atoms with van der Waals surface area (Å²) in [4.78, 5) is 23.0. The van der Waals surface area contributed by atoms with Gasteiger partial charge in [-0.05, 0) is 44.5 Å². The highest BCUT2D eigenvalue weighted by Crippen LogP contribution is 2.24. The lowest BCUT2D eigenvalue weighted by Gasteiger charge is -2.23. The van der Waals surface area contributed by atoms with Crippen molar-refractivity contribution in [2.24, 2.45) is 0 Å². The molecule has 0 saturated carbocycles. The van der Waals surface area contributed by atoms with Gasteiger partial charge in [0.25, 0.3) is 0 Å². The number of aromatic carboxylic acids is 1. The fraction of sp³-hybridized carbons (Fsp3) is 0.385. The molecule has 2 rings (SSSR count). The molecule has 6 heteroatoms. The summed E-state index contributed by atoms with van der Waals surface area (Å²) in [6.07, 6.45) is 1.74. The van der Waals surface area contributed by atoms with Crippen molar-refractivity contribution in [1.29, 1.82) is 0 Å². The van der Waals surface area contributed by atoms with Gasteiger partial charge in [-0.25, -0.2) is 4.79 Å². The van der Waals surface area contributed by atoms with E-state index in [-0.39, 0.29) is 16.5 Å². The number of amides is 1. The highest BCUT2D eigenvalue weighted by atomic mass is 35.5. The summed E-state index contributed by atoms with van der Waals surface area (Å²) >= 11 is 5.85. The van der Waals surface area contributed by atoms with Crippen LogP contribution in [0, 0.1) is 0 Å². The van der Waals surface area contributed by atoms with E-state index in [0.29, 0.717) is 5.69 Å². The van der Waals surface area contributed by atoms with Crippen LogP contribution in [0.4, 0.5) is 5.69 Å². The van der Waals surface area contributed by atoms with E-state index < -0.39 is 11.5 Å². The normalized spacial score (nSPS) is 22.2. The number of nitrogens with one attached hydrogen (secondary N) is 2. The maximum Gasteiger partial charge on any atom is 0.337 e. The second-order valence-electron chi connectivity index (χ2n) is 4.82. The maximum atomic E-state index is 12.1. The van der Waals surface area contributed by atoms with Crippen LogP contribution < -0.4 is 10.6 Å². The summed E-state index contributed by atoms with van der Waals surface area (Å²) in [7, 11) is 0. The molecule has 102 valence electrons. The molecule has 1 atom stereocenters. The fourth-order valence-corrected chi connectivity index (χ4v) is 2.39. The van der Waals surface area contributed by atoms with Gasteiger partial charge in [-0.2, -0.15) is 0 Å². The lowest BCUT2D eigenvalue weighted by Crippen LogP contribution is -2.47. The largest absolute Gasteiger partial charge is 0.478 e. The van der Waals surface area contributed by atoms with E-state index in [1.165, 1.54) is 18.2 Å². The molecule has 1 aliphatic rings. The molecule has 0 bridgehead atoms. The number of rotatable bonds is 3. The SMILES string of the molecule is CC1(C(=O)Nc2ccc(C(=O)O)c(Cl)c2)CCCN1. The fourth-order valence-electron chi connectivity index (χ4n) is 2.12. The molecule has 1 saturated heterocycles. The van der Waals surface area contributed by atoms with Gasteiger partial charge in [0, 0.05) is 5.69 Å². The van der Waals surface area contributed by atoms with Gasteiger partial charge < -0.3 is 15.7 Å². The van der Waals surface area contributed by atoms with Gasteiger partial charge >= 0.3 is 5.97 Å². The Bertz CT molecular complexity index is 525. The van der Waals surface area contributed by atoms with E-state index in [4.69, 9.17) is 16.7 Å². The highest BCUT2D eigenvalue weighted by molar-refractivity contribution is 6.33. The van der Waals surface area contributed by atoms with Crippen molar-refractivity contribution in [3.8, 4) is 0 Å². The Hall–Kier alpha value is -1.59. The Morgan fingerprint density at radius 2 is 2.21 bits per heavy atom. The van der Waals surface area contributed by atoms with Crippen LogP contribution in [0.25, 0.3) is 0 Å². The first-order valence-electron chi connectivity index (χ1n) is 6.02. The molecule has 0 aromatic heterocycles. The van der Waals surface area contributed by atoms with E-state index in [1.807, 2.05) is 6.92 Å². The van der Waals surface area contributed by atoms with Crippen LogP contribution in [0.15, 0.2) is 18.2 Å². The van der Waals surface area contributed by atoms with Gasteiger partial charge in [-0.1, -0.05) is 11.6 Å². The third kappa shape index (κ3) is 2.88. The van der Waals surface area contributed by atoms with E-state index in [1.54, 1.807) is 0 Å².